The van der Waals surface area contributed by atoms with Crippen molar-refractivity contribution in [3.63, 3.8) is 0 Å². The van der Waals surface area contributed by atoms with Crippen LogP contribution in [0.25, 0.3) is 0 Å². The first-order valence-corrected chi connectivity index (χ1v) is 8.06. The van der Waals surface area contributed by atoms with Crippen molar-refractivity contribution < 1.29 is 5.11 Å². The molecule has 0 unspecified atom stereocenters. The molecule has 1 aromatic rings. The highest BCUT2D eigenvalue weighted by molar-refractivity contribution is 7.99. The highest BCUT2D eigenvalue weighted by Gasteiger charge is 2.40. The minimum atomic E-state index is -0.0824. The first-order valence-electron chi connectivity index (χ1n) is 7.02. The van der Waals surface area contributed by atoms with Crippen molar-refractivity contribution in [3.8, 4) is 5.75 Å². The second-order valence-electron chi connectivity index (χ2n) is 6.56. The number of aromatic hydroxyl groups is 1. The number of thioether (sulfide) groups is 1. The Kier molecular flexibility index (Phi) is 4.17. The van der Waals surface area contributed by atoms with Crippen LogP contribution in [0.5, 0.6) is 5.75 Å². The van der Waals surface area contributed by atoms with E-state index in [9.17, 15) is 5.11 Å². The van der Waals surface area contributed by atoms with Gasteiger partial charge in [-0.05, 0) is 41.4 Å². The lowest BCUT2D eigenvalue weighted by molar-refractivity contribution is 0.369. The third-order valence-electron chi connectivity index (χ3n) is 4.09. The molecular formula is C16H25NOS. The van der Waals surface area contributed by atoms with E-state index < -0.39 is 0 Å². The maximum absolute atomic E-state index is 9.70. The molecule has 0 saturated heterocycles. The van der Waals surface area contributed by atoms with Gasteiger partial charge in [0.05, 0.1) is 0 Å². The van der Waals surface area contributed by atoms with Crippen LogP contribution in [0.15, 0.2) is 18.2 Å². The number of hydrogen-bond donors (Lipinski definition) is 2. The van der Waals surface area contributed by atoms with Crippen LogP contribution in [0.1, 0.15) is 38.8 Å². The van der Waals surface area contributed by atoms with Crippen LogP contribution in [0.4, 0.5) is 0 Å². The Hall–Kier alpha value is -0.670. The number of rotatable bonds is 3. The third-order valence-corrected chi connectivity index (χ3v) is 5.83. The molecule has 2 rings (SSSR count). The van der Waals surface area contributed by atoms with Gasteiger partial charge in [-0.25, -0.2) is 0 Å². The highest BCUT2D eigenvalue weighted by Crippen LogP contribution is 2.41. The molecule has 1 aliphatic rings. The van der Waals surface area contributed by atoms with Crippen LogP contribution in [-0.4, -0.2) is 22.2 Å². The number of phenols is 1. The molecule has 2 nitrogen and oxygen atoms in total. The zero-order valence-corrected chi connectivity index (χ0v) is 13.1. The Labute approximate surface area is 120 Å². The van der Waals surface area contributed by atoms with E-state index in [2.05, 4.69) is 33.8 Å². The lowest BCUT2D eigenvalue weighted by Gasteiger charge is -2.43. The molecule has 0 radical (unpaired) electrons. The van der Waals surface area contributed by atoms with Crippen molar-refractivity contribution in [1.29, 1.82) is 0 Å². The van der Waals surface area contributed by atoms with E-state index in [4.69, 9.17) is 5.73 Å². The molecule has 0 heterocycles. The number of nitrogens with two attached hydrogens (primary N) is 1. The molecule has 0 bridgehead atoms. The van der Waals surface area contributed by atoms with Crippen molar-refractivity contribution in [2.24, 2.45) is 11.7 Å². The average molecular weight is 279 g/mol. The molecule has 0 aromatic heterocycles. The molecule has 106 valence electrons. The number of fused-ring (bicyclic) bond motifs is 1. The van der Waals surface area contributed by atoms with Gasteiger partial charge in [-0.1, -0.05) is 33.8 Å². The molecule has 0 amide bonds. The van der Waals surface area contributed by atoms with Crippen LogP contribution < -0.4 is 5.73 Å². The van der Waals surface area contributed by atoms with Gasteiger partial charge < -0.3 is 10.8 Å². The summed E-state index contributed by atoms with van der Waals surface area (Å²) in [4.78, 5) is 0. The maximum atomic E-state index is 9.70. The van der Waals surface area contributed by atoms with Crippen molar-refractivity contribution in [2.75, 3.05) is 5.75 Å². The molecule has 2 atom stereocenters. The van der Waals surface area contributed by atoms with E-state index in [0.29, 0.717) is 16.9 Å². The Morgan fingerprint density at radius 3 is 2.74 bits per heavy atom. The monoisotopic (exact) mass is 279 g/mol. The normalized spacial score (nSPS) is 25.4. The zero-order valence-electron chi connectivity index (χ0n) is 12.3. The summed E-state index contributed by atoms with van der Waals surface area (Å²) < 4.78 is 0. The van der Waals surface area contributed by atoms with Gasteiger partial charge in [-0.15, -0.1) is 0 Å². The minimum Gasteiger partial charge on any atom is -0.508 e. The fraction of sp³-hybridized carbons (Fsp3) is 0.625. The SMILES string of the molecule is CC(C)CS[C@H]1Cc2ccc(O)cc2C(C)(C)[C@@H]1N. The van der Waals surface area contributed by atoms with Gasteiger partial charge >= 0.3 is 0 Å². The van der Waals surface area contributed by atoms with E-state index in [1.165, 1.54) is 11.1 Å². The Bertz CT molecular complexity index is 456. The van der Waals surface area contributed by atoms with E-state index in [-0.39, 0.29) is 11.5 Å². The van der Waals surface area contributed by atoms with E-state index in [1.807, 2.05) is 17.8 Å². The third kappa shape index (κ3) is 2.92. The number of benzene rings is 1. The molecule has 1 aromatic carbocycles. The molecule has 19 heavy (non-hydrogen) atoms. The smallest absolute Gasteiger partial charge is 0.115 e. The molecule has 0 saturated carbocycles. The summed E-state index contributed by atoms with van der Waals surface area (Å²) in [5.41, 5.74) is 8.97. The Morgan fingerprint density at radius 1 is 1.42 bits per heavy atom. The predicted octanol–water partition coefficient (Wildman–Crippen LogP) is 3.31. The summed E-state index contributed by atoms with van der Waals surface area (Å²) in [6.07, 6.45) is 1.01. The van der Waals surface area contributed by atoms with Gasteiger partial charge in [0.1, 0.15) is 5.75 Å². The lowest BCUT2D eigenvalue weighted by Crippen LogP contribution is -2.52. The molecule has 3 N–H and O–H groups in total. The zero-order chi connectivity index (χ0) is 14.2. The van der Waals surface area contributed by atoms with Gasteiger partial charge in [0.15, 0.2) is 0 Å². The summed E-state index contributed by atoms with van der Waals surface area (Å²) in [5, 5.41) is 10.2. The van der Waals surface area contributed by atoms with Crippen molar-refractivity contribution in [1.82, 2.24) is 0 Å². The standard InChI is InChI=1S/C16H25NOS/c1-10(2)9-19-14-7-11-5-6-12(18)8-13(11)16(3,4)15(14)17/h5-6,8,10,14-15,18H,7,9,17H2,1-4H3/t14-,15+/m0/s1. The molecule has 0 aliphatic heterocycles. The topological polar surface area (TPSA) is 46.2 Å². The fourth-order valence-electron chi connectivity index (χ4n) is 2.81. The molecule has 0 spiro atoms. The highest BCUT2D eigenvalue weighted by atomic mass is 32.2. The van der Waals surface area contributed by atoms with Crippen molar-refractivity contribution in [2.45, 2.75) is 50.8 Å². The predicted molar refractivity (Wildman–Crippen MR) is 83.9 cm³/mol. The van der Waals surface area contributed by atoms with E-state index >= 15 is 0 Å². The lowest BCUT2D eigenvalue weighted by atomic mass is 9.69. The van der Waals surface area contributed by atoms with Crippen LogP contribution in [0.3, 0.4) is 0 Å². The number of phenolic OH excluding ortho intramolecular Hbond substituents is 1. The summed E-state index contributed by atoms with van der Waals surface area (Å²) in [5.74, 6) is 2.19. The van der Waals surface area contributed by atoms with Gasteiger partial charge in [0.25, 0.3) is 0 Å². The van der Waals surface area contributed by atoms with Gasteiger partial charge in [0, 0.05) is 16.7 Å². The minimum absolute atomic E-state index is 0.0824. The summed E-state index contributed by atoms with van der Waals surface area (Å²) in [6, 6.07) is 5.86. The molecule has 1 aliphatic carbocycles. The summed E-state index contributed by atoms with van der Waals surface area (Å²) in [6.45, 7) is 8.88. The number of hydrogen-bond acceptors (Lipinski definition) is 3. The maximum Gasteiger partial charge on any atom is 0.115 e. The van der Waals surface area contributed by atoms with Gasteiger partial charge in [-0.2, -0.15) is 11.8 Å². The second kappa shape index (κ2) is 5.37. The molecular weight excluding hydrogens is 254 g/mol. The average Bonchev–Trinajstić information content (AvgIpc) is 2.33. The Balaban J connectivity index is 2.29. The first-order chi connectivity index (χ1) is 8.82. The fourth-order valence-corrected chi connectivity index (χ4v) is 4.29. The Morgan fingerprint density at radius 2 is 2.11 bits per heavy atom. The van der Waals surface area contributed by atoms with Crippen LogP contribution >= 0.6 is 11.8 Å². The second-order valence-corrected chi connectivity index (χ2v) is 7.83. The van der Waals surface area contributed by atoms with E-state index in [0.717, 1.165) is 12.2 Å². The van der Waals surface area contributed by atoms with Gasteiger partial charge in [-0.3, -0.25) is 0 Å². The van der Waals surface area contributed by atoms with Crippen LogP contribution in [0, 0.1) is 5.92 Å². The van der Waals surface area contributed by atoms with Crippen LogP contribution in [-0.2, 0) is 11.8 Å². The molecule has 3 heteroatoms. The quantitative estimate of drug-likeness (QED) is 0.892. The van der Waals surface area contributed by atoms with E-state index in [1.54, 1.807) is 6.07 Å². The summed E-state index contributed by atoms with van der Waals surface area (Å²) in [7, 11) is 0. The first kappa shape index (κ1) is 14.7. The van der Waals surface area contributed by atoms with Crippen molar-refractivity contribution >= 4 is 11.8 Å². The largest absolute Gasteiger partial charge is 0.508 e. The summed E-state index contributed by atoms with van der Waals surface area (Å²) >= 11 is 2.00. The molecule has 0 fully saturated rings. The van der Waals surface area contributed by atoms with Crippen LogP contribution in [0.2, 0.25) is 0 Å². The van der Waals surface area contributed by atoms with Crippen molar-refractivity contribution in [3.05, 3.63) is 29.3 Å². The van der Waals surface area contributed by atoms with Gasteiger partial charge in [0.2, 0.25) is 0 Å².